The highest BCUT2D eigenvalue weighted by atomic mass is 14.6. The van der Waals surface area contributed by atoms with Crippen LogP contribution >= 0.6 is 0 Å². The van der Waals surface area contributed by atoms with Gasteiger partial charge in [-0.25, -0.2) is 0 Å². The minimum atomic E-state index is 0.120. The molecule has 0 saturated carbocycles. The van der Waals surface area contributed by atoms with Gasteiger partial charge in [0, 0.05) is 12.4 Å². The van der Waals surface area contributed by atoms with E-state index < -0.39 is 0 Å². The molecule has 1 nitrogen and oxygen atoms in total. The first-order chi connectivity index (χ1) is 13.8. The van der Waals surface area contributed by atoms with Crippen molar-refractivity contribution in [3.05, 3.63) is 101 Å². The van der Waals surface area contributed by atoms with Crippen LogP contribution in [0.2, 0.25) is 0 Å². The van der Waals surface area contributed by atoms with E-state index in [1.54, 1.807) is 0 Å². The van der Waals surface area contributed by atoms with Gasteiger partial charge in [-0.2, -0.15) is 0 Å². The molecule has 0 spiro atoms. The molecule has 0 amide bonds. The number of aromatic nitrogens is 1. The molecule has 0 saturated heterocycles. The second kappa shape index (κ2) is 9.39. The third-order valence-electron chi connectivity index (χ3n) is 5.89. The summed E-state index contributed by atoms with van der Waals surface area (Å²) in [4.78, 5) is 4.24. The summed E-state index contributed by atoms with van der Waals surface area (Å²) < 4.78 is 0. The summed E-state index contributed by atoms with van der Waals surface area (Å²) >= 11 is 0. The molecule has 3 rings (SSSR count). The monoisotopic (exact) mass is 385 g/mol. The Labute approximate surface area is 177 Å². The first-order valence-electron chi connectivity index (χ1n) is 10.9. The standard InChI is InChI=1S/C28H35N/c1-21(2)26-11-13-27(14-12-26)28(4,5)19-24-9-6-8-23(18-24)16-22(3)17-25-10-7-15-29-20-25/h6-15,18,20-22H,16-17,19H2,1-5H3. The fraction of sp³-hybridized carbons (Fsp3) is 0.393. The van der Waals surface area contributed by atoms with Gasteiger partial charge >= 0.3 is 0 Å². The van der Waals surface area contributed by atoms with E-state index in [-0.39, 0.29) is 5.41 Å². The Morgan fingerprint density at radius 2 is 1.45 bits per heavy atom. The number of benzene rings is 2. The zero-order valence-corrected chi connectivity index (χ0v) is 18.7. The van der Waals surface area contributed by atoms with Gasteiger partial charge in [-0.3, -0.25) is 4.98 Å². The molecule has 1 unspecified atom stereocenters. The topological polar surface area (TPSA) is 12.9 Å². The van der Waals surface area contributed by atoms with Gasteiger partial charge < -0.3 is 0 Å². The van der Waals surface area contributed by atoms with E-state index in [2.05, 4.69) is 94.2 Å². The molecule has 29 heavy (non-hydrogen) atoms. The smallest absolute Gasteiger partial charge is 0.0299 e. The number of hydrogen-bond acceptors (Lipinski definition) is 1. The number of hydrogen-bond donors (Lipinski definition) is 0. The lowest BCUT2D eigenvalue weighted by atomic mass is 9.78. The maximum Gasteiger partial charge on any atom is 0.0299 e. The lowest BCUT2D eigenvalue weighted by Crippen LogP contribution is -2.20. The van der Waals surface area contributed by atoms with E-state index in [1.807, 2.05) is 18.5 Å². The highest BCUT2D eigenvalue weighted by Crippen LogP contribution is 2.29. The number of pyridine rings is 1. The molecule has 0 bridgehead atoms. The lowest BCUT2D eigenvalue weighted by molar-refractivity contribution is 0.521. The Morgan fingerprint density at radius 3 is 2.10 bits per heavy atom. The van der Waals surface area contributed by atoms with Gasteiger partial charge in [0.2, 0.25) is 0 Å². The van der Waals surface area contributed by atoms with Crippen molar-refractivity contribution in [2.75, 3.05) is 0 Å². The van der Waals surface area contributed by atoms with Crippen LogP contribution in [0.3, 0.4) is 0 Å². The molecule has 1 atom stereocenters. The molecule has 3 aromatic rings. The Hall–Kier alpha value is -2.41. The Kier molecular flexibility index (Phi) is 6.90. The molecule has 1 heteroatoms. The lowest BCUT2D eigenvalue weighted by Gasteiger charge is -2.26. The van der Waals surface area contributed by atoms with Gasteiger partial charge in [0.15, 0.2) is 0 Å². The Bertz CT molecular complexity index is 891. The number of rotatable bonds is 8. The first-order valence-corrected chi connectivity index (χ1v) is 10.9. The van der Waals surface area contributed by atoms with E-state index in [0.717, 1.165) is 19.3 Å². The maximum absolute atomic E-state index is 4.24. The molecule has 0 aliphatic rings. The van der Waals surface area contributed by atoms with Crippen molar-refractivity contribution < 1.29 is 0 Å². The predicted molar refractivity (Wildman–Crippen MR) is 125 cm³/mol. The molecule has 0 fully saturated rings. The third-order valence-corrected chi connectivity index (χ3v) is 5.89. The van der Waals surface area contributed by atoms with Crippen molar-refractivity contribution in [1.82, 2.24) is 4.98 Å². The van der Waals surface area contributed by atoms with Crippen LogP contribution in [0.25, 0.3) is 0 Å². The van der Waals surface area contributed by atoms with Crippen LogP contribution < -0.4 is 0 Å². The van der Waals surface area contributed by atoms with Crippen LogP contribution in [0.5, 0.6) is 0 Å². The zero-order chi connectivity index (χ0) is 20.9. The molecule has 0 aliphatic heterocycles. The van der Waals surface area contributed by atoms with Gasteiger partial charge in [0.05, 0.1) is 0 Å². The summed E-state index contributed by atoms with van der Waals surface area (Å²) in [7, 11) is 0. The average Bonchev–Trinajstić information content (AvgIpc) is 2.68. The van der Waals surface area contributed by atoms with Gasteiger partial charge in [0.1, 0.15) is 0 Å². The highest BCUT2D eigenvalue weighted by molar-refractivity contribution is 5.33. The summed E-state index contributed by atoms with van der Waals surface area (Å²) in [5, 5.41) is 0. The second-order valence-electron chi connectivity index (χ2n) is 9.53. The molecule has 0 radical (unpaired) electrons. The van der Waals surface area contributed by atoms with E-state index in [4.69, 9.17) is 0 Å². The van der Waals surface area contributed by atoms with Crippen molar-refractivity contribution >= 4 is 0 Å². The van der Waals surface area contributed by atoms with Crippen LogP contribution in [0, 0.1) is 5.92 Å². The molecule has 0 N–H and O–H groups in total. The largest absolute Gasteiger partial charge is 0.264 e. The van der Waals surface area contributed by atoms with Crippen molar-refractivity contribution in [2.24, 2.45) is 5.92 Å². The summed E-state index contributed by atoms with van der Waals surface area (Å²) in [5.74, 6) is 1.18. The summed E-state index contributed by atoms with van der Waals surface area (Å²) in [6.07, 6.45) is 7.06. The van der Waals surface area contributed by atoms with Gasteiger partial charge in [-0.15, -0.1) is 0 Å². The quantitative estimate of drug-likeness (QED) is 0.401. The molecular formula is C28H35N. The summed E-state index contributed by atoms with van der Waals surface area (Å²) in [5.41, 5.74) is 7.13. The fourth-order valence-electron chi connectivity index (χ4n) is 4.19. The minimum absolute atomic E-state index is 0.120. The van der Waals surface area contributed by atoms with Crippen LogP contribution in [0.1, 0.15) is 68.4 Å². The van der Waals surface area contributed by atoms with E-state index in [9.17, 15) is 0 Å². The van der Waals surface area contributed by atoms with Crippen LogP contribution in [0.15, 0.2) is 73.1 Å². The minimum Gasteiger partial charge on any atom is -0.264 e. The van der Waals surface area contributed by atoms with Gasteiger partial charge in [-0.05, 0) is 70.4 Å². The van der Waals surface area contributed by atoms with Crippen molar-refractivity contribution in [3.8, 4) is 0 Å². The van der Waals surface area contributed by atoms with E-state index in [1.165, 1.54) is 27.8 Å². The Balaban J connectivity index is 1.66. The zero-order valence-electron chi connectivity index (χ0n) is 18.7. The SMILES string of the molecule is CC(Cc1cccnc1)Cc1cccc(CC(C)(C)c2ccc(C(C)C)cc2)c1. The molecule has 1 aromatic heterocycles. The Morgan fingerprint density at radius 1 is 0.793 bits per heavy atom. The second-order valence-corrected chi connectivity index (χ2v) is 9.53. The van der Waals surface area contributed by atoms with Crippen molar-refractivity contribution in [3.63, 3.8) is 0 Å². The van der Waals surface area contributed by atoms with E-state index >= 15 is 0 Å². The maximum atomic E-state index is 4.24. The number of nitrogens with zero attached hydrogens (tertiary/aromatic N) is 1. The highest BCUT2D eigenvalue weighted by Gasteiger charge is 2.21. The van der Waals surface area contributed by atoms with Crippen LogP contribution in [-0.4, -0.2) is 4.98 Å². The van der Waals surface area contributed by atoms with Crippen LogP contribution in [-0.2, 0) is 24.7 Å². The predicted octanol–water partition coefficient (Wildman–Crippen LogP) is 7.15. The molecule has 0 aliphatic carbocycles. The normalized spacial score (nSPS) is 12.9. The van der Waals surface area contributed by atoms with Crippen molar-refractivity contribution in [1.29, 1.82) is 0 Å². The average molecular weight is 386 g/mol. The first kappa shape index (κ1) is 21.3. The summed E-state index contributed by atoms with van der Waals surface area (Å²) in [6, 6.07) is 22.6. The third kappa shape index (κ3) is 6.03. The molecule has 152 valence electrons. The molecular weight excluding hydrogens is 350 g/mol. The van der Waals surface area contributed by atoms with Gasteiger partial charge in [-0.1, -0.05) is 89.2 Å². The van der Waals surface area contributed by atoms with Crippen molar-refractivity contribution in [2.45, 2.75) is 65.2 Å². The van der Waals surface area contributed by atoms with Crippen LogP contribution in [0.4, 0.5) is 0 Å². The summed E-state index contributed by atoms with van der Waals surface area (Å²) in [6.45, 7) is 11.5. The fourth-order valence-corrected chi connectivity index (χ4v) is 4.19. The molecule has 2 aromatic carbocycles. The molecule has 1 heterocycles. The van der Waals surface area contributed by atoms with E-state index in [0.29, 0.717) is 11.8 Å². The van der Waals surface area contributed by atoms with Gasteiger partial charge in [0.25, 0.3) is 0 Å².